The fourth-order valence-electron chi connectivity index (χ4n) is 2.68. The fourth-order valence-corrected chi connectivity index (χ4v) is 3.44. The minimum absolute atomic E-state index is 0.131. The third kappa shape index (κ3) is 3.13. The molecule has 0 aliphatic carbocycles. The van der Waals surface area contributed by atoms with Crippen LogP contribution in [0.2, 0.25) is 10.0 Å². The number of para-hydroxylation sites is 1. The van der Waals surface area contributed by atoms with E-state index in [1.807, 2.05) is 37.3 Å². The third-order valence-corrected chi connectivity index (χ3v) is 4.69. The summed E-state index contributed by atoms with van der Waals surface area (Å²) < 4.78 is 0. The highest BCUT2D eigenvalue weighted by Crippen LogP contribution is 2.37. The van der Waals surface area contributed by atoms with Crippen LogP contribution in [0.1, 0.15) is 6.92 Å². The van der Waals surface area contributed by atoms with Gasteiger partial charge in [0.2, 0.25) is 0 Å². The molecule has 4 nitrogen and oxygen atoms in total. The summed E-state index contributed by atoms with van der Waals surface area (Å²) in [6.07, 6.45) is 0. The second kappa shape index (κ2) is 7.08. The number of hydrogen-bond acceptors (Lipinski definition) is 3. The first-order valence-electron chi connectivity index (χ1n) is 7.52. The molecule has 0 aromatic heterocycles. The van der Waals surface area contributed by atoms with Gasteiger partial charge in [0.05, 0.1) is 10.7 Å². The zero-order valence-corrected chi connectivity index (χ0v) is 15.4. The average Bonchev–Trinajstić information content (AvgIpc) is 2.81. The Morgan fingerprint density at radius 2 is 1.64 bits per heavy atom. The van der Waals surface area contributed by atoms with Crippen molar-refractivity contribution in [2.45, 2.75) is 6.92 Å². The quantitative estimate of drug-likeness (QED) is 0.695. The third-order valence-electron chi connectivity index (χ3n) is 3.81. The zero-order valence-electron chi connectivity index (χ0n) is 13.2. The van der Waals surface area contributed by atoms with Crippen LogP contribution in [0.3, 0.4) is 0 Å². The highest BCUT2D eigenvalue weighted by Gasteiger charge is 2.42. The molecule has 7 heteroatoms. The number of carbonyl (C=O) groups excluding carboxylic acids is 2. The first-order chi connectivity index (χ1) is 12.0. The summed E-state index contributed by atoms with van der Waals surface area (Å²) in [7, 11) is 0. The van der Waals surface area contributed by atoms with E-state index in [-0.39, 0.29) is 21.4 Å². The maximum atomic E-state index is 13.0. The standard InChI is InChI=1S/C18H13Cl3N2O2/c1-2-22(12-6-4-3-5-7-12)16-15(21)17(24)23(18(16)25)14-9-8-11(19)10-13(14)20/h3-10H,2H2,1H3. The van der Waals surface area contributed by atoms with Crippen molar-refractivity contribution >= 4 is 58.0 Å². The van der Waals surface area contributed by atoms with Gasteiger partial charge in [-0.15, -0.1) is 0 Å². The Labute approximate surface area is 160 Å². The summed E-state index contributed by atoms with van der Waals surface area (Å²) in [6.45, 7) is 2.34. The Morgan fingerprint density at radius 3 is 2.24 bits per heavy atom. The lowest BCUT2D eigenvalue weighted by Gasteiger charge is -2.24. The maximum absolute atomic E-state index is 13.0. The lowest BCUT2D eigenvalue weighted by Crippen LogP contribution is -2.35. The van der Waals surface area contributed by atoms with Gasteiger partial charge in [0, 0.05) is 17.3 Å². The van der Waals surface area contributed by atoms with Gasteiger partial charge in [-0.3, -0.25) is 9.59 Å². The predicted octanol–water partition coefficient (Wildman–Crippen LogP) is 4.84. The van der Waals surface area contributed by atoms with E-state index in [1.165, 1.54) is 12.1 Å². The van der Waals surface area contributed by atoms with E-state index >= 15 is 0 Å². The van der Waals surface area contributed by atoms with Gasteiger partial charge < -0.3 is 4.90 Å². The van der Waals surface area contributed by atoms with Crippen molar-refractivity contribution in [2.24, 2.45) is 0 Å². The SMILES string of the molecule is CCN(C1=C(Cl)C(=O)N(c2ccc(Cl)cc2Cl)C1=O)c1ccccc1. The van der Waals surface area contributed by atoms with Crippen molar-refractivity contribution in [3.8, 4) is 0 Å². The van der Waals surface area contributed by atoms with E-state index in [1.54, 1.807) is 11.0 Å². The number of amides is 2. The number of hydrogen-bond donors (Lipinski definition) is 0. The molecule has 0 radical (unpaired) electrons. The summed E-state index contributed by atoms with van der Waals surface area (Å²) in [4.78, 5) is 28.3. The van der Waals surface area contributed by atoms with Crippen LogP contribution in [0.15, 0.2) is 59.3 Å². The molecule has 0 atom stereocenters. The topological polar surface area (TPSA) is 40.6 Å². The number of rotatable bonds is 4. The van der Waals surface area contributed by atoms with Gasteiger partial charge in [0.25, 0.3) is 11.8 Å². The molecule has 3 rings (SSSR count). The molecule has 0 fully saturated rings. The fraction of sp³-hybridized carbons (Fsp3) is 0.111. The van der Waals surface area contributed by atoms with E-state index in [9.17, 15) is 9.59 Å². The highest BCUT2D eigenvalue weighted by atomic mass is 35.5. The van der Waals surface area contributed by atoms with Gasteiger partial charge in [0.1, 0.15) is 10.7 Å². The van der Waals surface area contributed by atoms with Crippen molar-refractivity contribution < 1.29 is 9.59 Å². The Balaban J connectivity index is 2.05. The lowest BCUT2D eigenvalue weighted by atomic mass is 10.2. The van der Waals surface area contributed by atoms with Crippen LogP contribution >= 0.6 is 34.8 Å². The van der Waals surface area contributed by atoms with Gasteiger partial charge in [-0.25, -0.2) is 4.90 Å². The lowest BCUT2D eigenvalue weighted by molar-refractivity contribution is -0.120. The number of anilines is 2. The van der Waals surface area contributed by atoms with Crippen LogP contribution in [0.4, 0.5) is 11.4 Å². The molecule has 0 spiro atoms. The van der Waals surface area contributed by atoms with Crippen molar-refractivity contribution in [3.63, 3.8) is 0 Å². The molecule has 2 aromatic carbocycles. The monoisotopic (exact) mass is 394 g/mol. The van der Waals surface area contributed by atoms with Crippen LogP contribution in [-0.4, -0.2) is 18.4 Å². The average molecular weight is 396 g/mol. The summed E-state index contributed by atoms with van der Waals surface area (Å²) in [5, 5.41) is 0.469. The summed E-state index contributed by atoms with van der Waals surface area (Å²) in [5.41, 5.74) is 1.15. The van der Waals surface area contributed by atoms with Crippen LogP contribution in [0, 0.1) is 0 Å². The molecule has 25 heavy (non-hydrogen) atoms. The van der Waals surface area contributed by atoms with Crippen molar-refractivity contribution in [2.75, 3.05) is 16.3 Å². The Bertz CT molecular complexity index is 881. The Kier molecular flexibility index (Phi) is 5.04. The second-order valence-corrected chi connectivity index (χ2v) is 6.51. The molecular weight excluding hydrogens is 383 g/mol. The normalized spacial score (nSPS) is 14.5. The molecule has 0 saturated heterocycles. The first-order valence-corrected chi connectivity index (χ1v) is 8.65. The van der Waals surface area contributed by atoms with E-state index < -0.39 is 11.8 Å². The smallest absolute Gasteiger partial charge is 0.283 e. The van der Waals surface area contributed by atoms with Crippen LogP contribution in [0.5, 0.6) is 0 Å². The maximum Gasteiger partial charge on any atom is 0.283 e. The molecular formula is C18H13Cl3N2O2. The van der Waals surface area contributed by atoms with Gasteiger partial charge in [-0.1, -0.05) is 53.0 Å². The number of imide groups is 1. The molecule has 2 aromatic rings. The second-order valence-electron chi connectivity index (χ2n) is 5.28. The largest absolute Gasteiger partial charge is 0.336 e. The van der Waals surface area contributed by atoms with Crippen molar-refractivity contribution in [1.29, 1.82) is 0 Å². The minimum Gasteiger partial charge on any atom is -0.336 e. The molecule has 128 valence electrons. The molecule has 0 unspecified atom stereocenters. The van der Waals surface area contributed by atoms with Crippen molar-refractivity contribution in [3.05, 3.63) is 69.3 Å². The van der Waals surface area contributed by atoms with E-state index in [0.717, 1.165) is 10.6 Å². The summed E-state index contributed by atoms with van der Waals surface area (Å²) in [6, 6.07) is 13.8. The molecule has 0 N–H and O–H groups in total. The number of benzene rings is 2. The molecule has 1 aliphatic heterocycles. The summed E-state index contributed by atoms with van der Waals surface area (Å²) in [5.74, 6) is -1.13. The van der Waals surface area contributed by atoms with Crippen molar-refractivity contribution in [1.82, 2.24) is 0 Å². The van der Waals surface area contributed by atoms with Crippen LogP contribution in [-0.2, 0) is 9.59 Å². The van der Waals surface area contributed by atoms with Gasteiger partial charge in [-0.05, 0) is 37.3 Å². The van der Waals surface area contributed by atoms with Crippen LogP contribution in [0.25, 0.3) is 0 Å². The number of likely N-dealkylation sites (N-methyl/N-ethyl adjacent to an activating group) is 1. The Hall–Kier alpha value is -2.01. The van der Waals surface area contributed by atoms with E-state index in [2.05, 4.69) is 0 Å². The van der Waals surface area contributed by atoms with Crippen LogP contribution < -0.4 is 9.80 Å². The molecule has 0 bridgehead atoms. The van der Waals surface area contributed by atoms with E-state index in [0.29, 0.717) is 11.6 Å². The summed E-state index contributed by atoms with van der Waals surface area (Å²) >= 11 is 18.3. The highest BCUT2D eigenvalue weighted by molar-refractivity contribution is 6.54. The van der Waals surface area contributed by atoms with Gasteiger partial charge in [-0.2, -0.15) is 0 Å². The molecule has 1 aliphatic rings. The predicted molar refractivity (Wildman–Crippen MR) is 101 cm³/mol. The van der Waals surface area contributed by atoms with Gasteiger partial charge >= 0.3 is 0 Å². The van der Waals surface area contributed by atoms with Gasteiger partial charge in [0.15, 0.2) is 0 Å². The minimum atomic E-state index is -0.611. The molecule has 1 heterocycles. The zero-order chi connectivity index (χ0) is 18.1. The van der Waals surface area contributed by atoms with E-state index in [4.69, 9.17) is 34.8 Å². The molecule has 0 saturated carbocycles. The number of nitrogens with zero attached hydrogens (tertiary/aromatic N) is 2. The first kappa shape index (κ1) is 17.8. The number of carbonyl (C=O) groups is 2. The number of halogens is 3. The molecule has 2 amide bonds. The Morgan fingerprint density at radius 1 is 0.960 bits per heavy atom.